The number of aryl methyl sites for hydroxylation is 3. The summed E-state index contributed by atoms with van der Waals surface area (Å²) in [7, 11) is 1.88. The van der Waals surface area contributed by atoms with Crippen molar-refractivity contribution in [3.05, 3.63) is 30.1 Å². The molecule has 0 saturated carbocycles. The highest BCUT2D eigenvalue weighted by atomic mass is 16.1. The molecule has 0 aliphatic heterocycles. The number of nitrogens with zero attached hydrogens (tertiary/aromatic N) is 5. The summed E-state index contributed by atoms with van der Waals surface area (Å²) in [5, 5.41) is 11.3. The minimum absolute atomic E-state index is 0.0219. The normalized spacial score (nSPS) is 12.3. The second-order valence-corrected chi connectivity index (χ2v) is 4.91. The molecule has 0 aliphatic rings. The summed E-state index contributed by atoms with van der Waals surface area (Å²) in [5.74, 6) is 0.836. The molecule has 1 amide bonds. The van der Waals surface area contributed by atoms with Crippen LogP contribution in [0.2, 0.25) is 0 Å². The predicted molar refractivity (Wildman–Crippen MR) is 78.4 cm³/mol. The van der Waals surface area contributed by atoms with Crippen molar-refractivity contribution in [3.63, 3.8) is 0 Å². The molecule has 1 atom stereocenters. The SMILES string of the molecule is CC[C@H](NC(=O)CCc1ccnn1C)c1ncnn1CC. The third kappa shape index (κ3) is 3.68. The predicted octanol–water partition coefficient (Wildman–Crippen LogP) is 1.23. The monoisotopic (exact) mass is 290 g/mol. The molecule has 1 N–H and O–H groups in total. The van der Waals surface area contributed by atoms with Gasteiger partial charge in [0.25, 0.3) is 0 Å². The van der Waals surface area contributed by atoms with E-state index in [1.54, 1.807) is 10.9 Å². The molecule has 0 bridgehead atoms. The zero-order valence-electron chi connectivity index (χ0n) is 12.8. The second-order valence-electron chi connectivity index (χ2n) is 4.91. The third-order valence-electron chi connectivity index (χ3n) is 3.53. The molecule has 0 saturated heterocycles. The van der Waals surface area contributed by atoms with E-state index in [2.05, 4.69) is 20.5 Å². The van der Waals surface area contributed by atoms with Crippen LogP contribution in [0.3, 0.4) is 0 Å². The van der Waals surface area contributed by atoms with Gasteiger partial charge in [-0.05, 0) is 25.8 Å². The van der Waals surface area contributed by atoms with E-state index in [-0.39, 0.29) is 11.9 Å². The Morgan fingerprint density at radius 1 is 1.38 bits per heavy atom. The molecule has 2 aromatic heterocycles. The van der Waals surface area contributed by atoms with Crippen molar-refractivity contribution in [1.82, 2.24) is 29.9 Å². The highest BCUT2D eigenvalue weighted by Crippen LogP contribution is 2.14. The Morgan fingerprint density at radius 3 is 2.81 bits per heavy atom. The van der Waals surface area contributed by atoms with E-state index in [4.69, 9.17) is 0 Å². The van der Waals surface area contributed by atoms with Gasteiger partial charge in [-0.1, -0.05) is 6.92 Å². The van der Waals surface area contributed by atoms with E-state index in [1.807, 2.05) is 31.6 Å². The third-order valence-corrected chi connectivity index (χ3v) is 3.53. The molecule has 0 aliphatic carbocycles. The molecule has 2 heterocycles. The first-order valence-corrected chi connectivity index (χ1v) is 7.29. The summed E-state index contributed by atoms with van der Waals surface area (Å²) in [6.07, 6.45) is 5.18. The molecule has 0 unspecified atom stereocenters. The number of nitrogens with one attached hydrogen (secondary N) is 1. The molecule has 7 heteroatoms. The van der Waals surface area contributed by atoms with Crippen molar-refractivity contribution in [2.45, 2.75) is 45.7 Å². The largest absolute Gasteiger partial charge is 0.346 e. The molecule has 2 rings (SSSR count). The standard InChI is InChI=1S/C14H22N6O/c1-4-12(14-15-10-17-20(14)5-2)18-13(21)7-6-11-8-9-16-19(11)3/h8-10,12H,4-7H2,1-3H3,(H,18,21)/t12-/m0/s1. The highest BCUT2D eigenvalue weighted by molar-refractivity contribution is 5.76. The average Bonchev–Trinajstić information content (AvgIpc) is 3.11. The molecule has 21 heavy (non-hydrogen) atoms. The average molecular weight is 290 g/mol. The number of carbonyl (C=O) groups is 1. The summed E-state index contributed by atoms with van der Waals surface area (Å²) in [4.78, 5) is 16.4. The first kappa shape index (κ1) is 15.2. The van der Waals surface area contributed by atoms with Gasteiger partial charge in [0.05, 0.1) is 6.04 Å². The van der Waals surface area contributed by atoms with E-state index < -0.39 is 0 Å². The Hall–Kier alpha value is -2.18. The lowest BCUT2D eigenvalue weighted by Gasteiger charge is -2.16. The fraction of sp³-hybridized carbons (Fsp3) is 0.571. The number of aromatic nitrogens is 5. The Morgan fingerprint density at radius 2 is 2.19 bits per heavy atom. The van der Waals surface area contributed by atoms with E-state index in [9.17, 15) is 4.79 Å². The second kappa shape index (κ2) is 7.01. The molecule has 0 aromatic carbocycles. The molecule has 2 aromatic rings. The number of amides is 1. The van der Waals surface area contributed by atoms with Gasteiger partial charge in [0.1, 0.15) is 12.2 Å². The topological polar surface area (TPSA) is 77.6 Å². The highest BCUT2D eigenvalue weighted by Gasteiger charge is 2.18. The number of carbonyl (C=O) groups excluding carboxylic acids is 1. The number of rotatable bonds is 7. The quantitative estimate of drug-likeness (QED) is 0.832. The zero-order valence-corrected chi connectivity index (χ0v) is 12.8. The van der Waals surface area contributed by atoms with Crippen LogP contribution in [0.4, 0.5) is 0 Å². The molecule has 0 spiro atoms. The number of hydrogen-bond acceptors (Lipinski definition) is 4. The molecule has 114 valence electrons. The zero-order chi connectivity index (χ0) is 15.2. The van der Waals surface area contributed by atoms with Crippen molar-refractivity contribution >= 4 is 5.91 Å². The first-order chi connectivity index (χ1) is 10.2. The van der Waals surface area contributed by atoms with E-state index in [0.717, 1.165) is 24.5 Å². The van der Waals surface area contributed by atoms with Crippen molar-refractivity contribution < 1.29 is 4.79 Å². The molecule has 0 radical (unpaired) electrons. The minimum atomic E-state index is -0.0912. The van der Waals surface area contributed by atoms with Crippen LogP contribution in [0.1, 0.15) is 44.2 Å². The fourth-order valence-electron chi connectivity index (χ4n) is 2.29. The summed E-state index contributed by atoms with van der Waals surface area (Å²) in [6.45, 7) is 4.78. The van der Waals surface area contributed by atoms with Crippen LogP contribution >= 0.6 is 0 Å². The maximum absolute atomic E-state index is 12.1. The molecular formula is C14H22N6O. The van der Waals surface area contributed by atoms with Crippen LogP contribution in [0.5, 0.6) is 0 Å². The van der Waals surface area contributed by atoms with Crippen LogP contribution in [-0.2, 0) is 24.8 Å². The summed E-state index contributed by atoms with van der Waals surface area (Å²) < 4.78 is 3.61. The molecule has 0 fully saturated rings. The first-order valence-electron chi connectivity index (χ1n) is 7.29. The van der Waals surface area contributed by atoms with Crippen LogP contribution in [0.15, 0.2) is 18.6 Å². The van der Waals surface area contributed by atoms with Gasteiger partial charge in [-0.25, -0.2) is 9.67 Å². The Kier molecular flexibility index (Phi) is 5.08. The van der Waals surface area contributed by atoms with Crippen LogP contribution in [-0.4, -0.2) is 30.5 Å². The van der Waals surface area contributed by atoms with Crippen LogP contribution < -0.4 is 5.32 Å². The van der Waals surface area contributed by atoms with E-state index in [0.29, 0.717) is 12.8 Å². The maximum atomic E-state index is 12.1. The van der Waals surface area contributed by atoms with Gasteiger partial charge in [-0.3, -0.25) is 9.48 Å². The van der Waals surface area contributed by atoms with Crippen LogP contribution in [0.25, 0.3) is 0 Å². The van der Waals surface area contributed by atoms with Crippen molar-refractivity contribution in [1.29, 1.82) is 0 Å². The van der Waals surface area contributed by atoms with Gasteiger partial charge in [-0.2, -0.15) is 10.2 Å². The van der Waals surface area contributed by atoms with Gasteiger partial charge in [0.2, 0.25) is 5.91 Å². The fourth-order valence-corrected chi connectivity index (χ4v) is 2.29. The summed E-state index contributed by atoms with van der Waals surface area (Å²) in [5.41, 5.74) is 1.05. The minimum Gasteiger partial charge on any atom is -0.346 e. The molecular weight excluding hydrogens is 268 g/mol. The maximum Gasteiger partial charge on any atom is 0.220 e. The Balaban J connectivity index is 1.92. The lowest BCUT2D eigenvalue weighted by atomic mass is 10.1. The number of hydrogen-bond donors (Lipinski definition) is 1. The smallest absolute Gasteiger partial charge is 0.220 e. The van der Waals surface area contributed by atoms with E-state index >= 15 is 0 Å². The van der Waals surface area contributed by atoms with Crippen LogP contribution in [0, 0.1) is 0 Å². The summed E-state index contributed by atoms with van der Waals surface area (Å²) >= 11 is 0. The van der Waals surface area contributed by atoms with Gasteiger partial charge in [0.15, 0.2) is 0 Å². The lowest BCUT2D eigenvalue weighted by molar-refractivity contribution is -0.121. The van der Waals surface area contributed by atoms with Gasteiger partial charge >= 0.3 is 0 Å². The van der Waals surface area contributed by atoms with Gasteiger partial charge in [-0.15, -0.1) is 0 Å². The molecule has 7 nitrogen and oxygen atoms in total. The van der Waals surface area contributed by atoms with Gasteiger partial charge in [0, 0.05) is 31.9 Å². The Bertz CT molecular complexity index is 588. The summed E-state index contributed by atoms with van der Waals surface area (Å²) in [6, 6.07) is 1.84. The van der Waals surface area contributed by atoms with Gasteiger partial charge < -0.3 is 5.32 Å². The van der Waals surface area contributed by atoms with E-state index in [1.165, 1.54) is 6.33 Å². The van der Waals surface area contributed by atoms with Crippen molar-refractivity contribution in [2.75, 3.05) is 0 Å². The van der Waals surface area contributed by atoms with Crippen molar-refractivity contribution in [3.8, 4) is 0 Å². The Labute approximate surface area is 124 Å². The lowest BCUT2D eigenvalue weighted by Crippen LogP contribution is -2.30. The van der Waals surface area contributed by atoms with Crippen molar-refractivity contribution in [2.24, 2.45) is 7.05 Å².